The van der Waals surface area contributed by atoms with Gasteiger partial charge in [0.25, 0.3) is 0 Å². The van der Waals surface area contributed by atoms with E-state index < -0.39 is 9.84 Å². The van der Waals surface area contributed by atoms with Crippen molar-refractivity contribution in [2.75, 3.05) is 24.4 Å². The molecule has 2 heterocycles. The molecule has 0 aliphatic carbocycles. The molecule has 0 unspecified atom stereocenters. The molecule has 2 aromatic rings. The molecule has 1 aliphatic heterocycles. The quantitative estimate of drug-likeness (QED) is 0.697. The fourth-order valence-electron chi connectivity index (χ4n) is 2.46. The fraction of sp³-hybridized carbons (Fsp3) is 0.429. The van der Waals surface area contributed by atoms with Crippen LogP contribution in [0.15, 0.2) is 29.4 Å². The van der Waals surface area contributed by atoms with Crippen molar-refractivity contribution in [1.29, 1.82) is 0 Å². The summed E-state index contributed by atoms with van der Waals surface area (Å²) in [5.74, 6) is 0.717. The van der Waals surface area contributed by atoms with Crippen LogP contribution >= 0.6 is 11.8 Å². The van der Waals surface area contributed by atoms with E-state index in [4.69, 9.17) is 4.74 Å². The highest BCUT2D eigenvalue weighted by atomic mass is 32.2. The second-order valence-electron chi connectivity index (χ2n) is 5.53. The Labute approximate surface area is 149 Å². The molecule has 0 spiro atoms. The zero-order valence-corrected chi connectivity index (χ0v) is 15.1. The number of benzene rings is 1. The van der Waals surface area contributed by atoms with Crippen molar-refractivity contribution in [2.24, 2.45) is 0 Å². The summed E-state index contributed by atoms with van der Waals surface area (Å²) in [4.78, 5) is 12.0. The van der Waals surface area contributed by atoms with Crippen LogP contribution < -0.4 is 10.1 Å². The van der Waals surface area contributed by atoms with Gasteiger partial charge in [-0.2, -0.15) is 4.68 Å². The first-order chi connectivity index (χ1) is 12.0. The lowest BCUT2D eigenvalue weighted by atomic mass is 10.3. The minimum absolute atomic E-state index is 0.00694. The van der Waals surface area contributed by atoms with Crippen molar-refractivity contribution in [3.8, 4) is 11.4 Å². The number of hydrogen-bond donors (Lipinski definition) is 1. The summed E-state index contributed by atoms with van der Waals surface area (Å²) >= 11 is 1.18. The maximum absolute atomic E-state index is 12.0. The number of thioether (sulfide) groups is 1. The predicted molar refractivity (Wildman–Crippen MR) is 91.6 cm³/mol. The maximum atomic E-state index is 12.0. The van der Waals surface area contributed by atoms with Crippen molar-refractivity contribution in [2.45, 2.75) is 17.6 Å². The lowest BCUT2D eigenvalue weighted by Crippen LogP contribution is -2.36. The topological polar surface area (TPSA) is 116 Å². The summed E-state index contributed by atoms with van der Waals surface area (Å²) in [6.45, 7) is 0. The zero-order valence-electron chi connectivity index (χ0n) is 13.5. The van der Waals surface area contributed by atoms with E-state index in [2.05, 4.69) is 20.8 Å². The molecule has 0 radical (unpaired) electrons. The highest BCUT2D eigenvalue weighted by Crippen LogP contribution is 2.20. The SMILES string of the molecule is COc1ccc(-n2nnnc2SCC(=O)N[C@@H]2CCS(=O)(=O)C2)cc1. The highest BCUT2D eigenvalue weighted by molar-refractivity contribution is 7.99. The van der Waals surface area contributed by atoms with Crippen LogP contribution in [0.3, 0.4) is 0 Å². The molecule has 25 heavy (non-hydrogen) atoms. The molecule has 1 N–H and O–H groups in total. The van der Waals surface area contributed by atoms with Gasteiger partial charge in [-0.15, -0.1) is 5.10 Å². The number of tetrazole rings is 1. The summed E-state index contributed by atoms with van der Waals surface area (Å²) in [7, 11) is -1.43. The number of carbonyl (C=O) groups is 1. The first kappa shape index (κ1) is 17.7. The number of amides is 1. The van der Waals surface area contributed by atoms with E-state index in [1.54, 1.807) is 19.2 Å². The number of carbonyl (C=O) groups excluding carboxylic acids is 1. The lowest BCUT2D eigenvalue weighted by Gasteiger charge is -2.10. The molecule has 3 rings (SSSR count). The van der Waals surface area contributed by atoms with Crippen molar-refractivity contribution < 1.29 is 17.9 Å². The van der Waals surface area contributed by atoms with Gasteiger partial charge in [0.2, 0.25) is 11.1 Å². The molecule has 9 nitrogen and oxygen atoms in total. The maximum Gasteiger partial charge on any atom is 0.230 e. The van der Waals surface area contributed by atoms with Gasteiger partial charge < -0.3 is 10.1 Å². The number of hydrogen-bond acceptors (Lipinski definition) is 8. The van der Waals surface area contributed by atoms with Gasteiger partial charge in [0.05, 0.1) is 30.1 Å². The molecule has 134 valence electrons. The fourth-order valence-corrected chi connectivity index (χ4v) is 4.84. The number of aromatic nitrogens is 4. The Kier molecular flexibility index (Phi) is 5.23. The molecular formula is C14H17N5O4S2. The van der Waals surface area contributed by atoms with Gasteiger partial charge in [0.15, 0.2) is 9.84 Å². The predicted octanol–water partition coefficient (Wildman–Crippen LogP) is 0.0663. The van der Waals surface area contributed by atoms with Crippen LogP contribution in [-0.2, 0) is 14.6 Å². The minimum atomic E-state index is -3.02. The molecule has 1 fully saturated rings. The summed E-state index contributed by atoms with van der Waals surface area (Å²) < 4.78 is 29.5. The van der Waals surface area contributed by atoms with Crippen molar-refractivity contribution >= 4 is 27.5 Å². The molecule has 1 aliphatic rings. The average molecular weight is 383 g/mol. The van der Waals surface area contributed by atoms with Crippen molar-refractivity contribution in [3.05, 3.63) is 24.3 Å². The molecule has 1 saturated heterocycles. The molecule has 0 saturated carbocycles. The van der Waals surface area contributed by atoms with E-state index >= 15 is 0 Å². The van der Waals surface area contributed by atoms with Crippen LogP contribution in [0.1, 0.15) is 6.42 Å². The summed E-state index contributed by atoms with van der Waals surface area (Å²) in [6, 6.07) is 6.89. The third-order valence-corrected chi connectivity index (χ3v) is 6.38. The molecule has 1 aromatic carbocycles. The van der Waals surface area contributed by atoms with Gasteiger partial charge in [-0.25, -0.2) is 8.42 Å². The Morgan fingerprint density at radius 3 is 2.80 bits per heavy atom. The smallest absolute Gasteiger partial charge is 0.230 e. The first-order valence-corrected chi connectivity index (χ1v) is 10.3. The average Bonchev–Trinajstić information content (AvgIpc) is 3.19. The standard InChI is InChI=1S/C14H17N5O4S2/c1-23-12-4-2-11(3-5-12)19-14(16-17-18-19)24-8-13(20)15-10-6-7-25(21,22)9-10/h2-5,10H,6-9H2,1H3,(H,15,20)/t10-/m1/s1. The number of nitrogens with one attached hydrogen (secondary N) is 1. The Balaban J connectivity index is 1.58. The molecule has 11 heteroatoms. The third-order valence-electron chi connectivity index (χ3n) is 3.69. The van der Waals surface area contributed by atoms with E-state index in [9.17, 15) is 13.2 Å². The van der Waals surface area contributed by atoms with Crippen LogP contribution in [0.25, 0.3) is 5.69 Å². The summed E-state index contributed by atoms with van der Waals surface area (Å²) in [6.07, 6.45) is 0.461. The largest absolute Gasteiger partial charge is 0.497 e. The number of nitrogens with zero attached hydrogens (tertiary/aromatic N) is 4. The molecular weight excluding hydrogens is 366 g/mol. The first-order valence-electron chi connectivity index (χ1n) is 7.52. The minimum Gasteiger partial charge on any atom is -0.497 e. The molecule has 1 amide bonds. The van der Waals surface area contributed by atoms with E-state index in [-0.39, 0.29) is 29.2 Å². The van der Waals surface area contributed by atoms with E-state index in [0.29, 0.717) is 11.6 Å². The van der Waals surface area contributed by atoms with Crippen LogP contribution in [0.5, 0.6) is 5.75 Å². The monoisotopic (exact) mass is 383 g/mol. The van der Waals surface area contributed by atoms with Crippen molar-refractivity contribution in [3.63, 3.8) is 0 Å². The Morgan fingerprint density at radius 1 is 1.40 bits per heavy atom. The zero-order chi connectivity index (χ0) is 17.9. The van der Waals surface area contributed by atoms with E-state index in [1.807, 2.05) is 12.1 Å². The summed E-state index contributed by atoms with van der Waals surface area (Å²) in [5, 5.41) is 14.7. The highest BCUT2D eigenvalue weighted by Gasteiger charge is 2.28. The van der Waals surface area contributed by atoms with Gasteiger partial charge in [0, 0.05) is 6.04 Å². The summed E-state index contributed by atoms with van der Waals surface area (Å²) in [5.41, 5.74) is 0.746. The lowest BCUT2D eigenvalue weighted by molar-refractivity contribution is -0.119. The van der Waals surface area contributed by atoms with E-state index in [1.165, 1.54) is 16.4 Å². The third kappa shape index (κ3) is 4.48. The van der Waals surface area contributed by atoms with Crippen LogP contribution in [0, 0.1) is 0 Å². The molecule has 1 aromatic heterocycles. The normalized spacial score (nSPS) is 18.8. The number of methoxy groups -OCH3 is 1. The van der Waals surface area contributed by atoms with Gasteiger partial charge in [0.1, 0.15) is 5.75 Å². The number of ether oxygens (including phenoxy) is 1. The molecule has 1 atom stereocenters. The second-order valence-corrected chi connectivity index (χ2v) is 8.70. The molecule has 0 bridgehead atoms. The van der Waals surface area contributed by atoms with Gasteiger partial charge in [-0.1, -0.05) is 11.8 Å². The number of rotatable bonds is 6. The van der Waals surface area contributed by atoms with Gasteiger partial charge >= 0.3 is 0 Å². The Morgan fingerprint density at radius 2 is 2.16 bits per heavy atom. The Hall–Kier alpha value is -2.14. The Bertz CT molecular complexity index is 850. The van der Waals surface area contributed by atoms with E-state index in [0.717, 1.165) is 11.4 Å². The van der Waals surface area contributed by atoms with Gasteiger partial charge in [-0.05, 0) is 41.1 Å². The van der Waals surface area contributed by atoms with Crippen LogP contribution in [0.2, 0.25) is 0 Å². The van der Waals surface area contributed by atoms with Crippen molar-refractivity contribution in [1.82, 2.24) is 25.5 Å². The van der Waals surface area contributed by atoms with Crippen LogP contribution in [0.4, 0.5) is 0 Å². The second kappa shape index (κ2) is 7.40. The van der Waals surface area contributed by atoms with Gasteiger partial charge in [-0.3, -0.25) is 4.79 Å². The number of sulfone groups is 1. The van der Waals surface area contributed by atoms with Crippen LogP contribution in [-0.4, -0.2) is 64.9 Å².